The van der Waals surface area contributed by atoms with Crippen LogP contribution in [0.15, 0.2) is 42.5 Å². The Kier molecular flexibility index (Phi) is 5.25. The fourth-order valence-electron chi connectivity index (χ4n) is 2.03. The Hall–Kier alpha value is -1.27. The maximum absolute atomic E-state index is 10.3. The SMILES string of the molecule is COc1ccc(CC(O)c2ccc(I)cc2)cc1OC. The maximum Gasteiger partial charge on any atom is 0.160 e. The van der Waals surface area contributed by atoms with Crippen molar-refractivity contribution in [3.05, 3.63) is 57.2 Å². The summed E-state index contributed by atoms with van der Waals surface area (Å²) in [5.41, 5.74) is 1.92. The van der Waals surface area contributed by atoms with Crippen LogP contribution in [0.3, 0.4) is 0 Å². The number of hydrogen-bond acceptors (Lipinski definition) is 3. The van der Waals surface area contributed by atoms with E-state index in [1.54, 1.807) is 14.2 Å². The minimum absolute atomic E-state index is 0.523. The number of benzene rings is 2. The summed E-state index contributed by atoms with van der Waals surface area (Å²) >= 11 is 2.25. The van der Waals surface area contributed by atoms with Crippen LogP contribution in [0.4, 0.5) is 0 Å². The molecule has 2 aromatic rings. The molecule has 0 spiro atoms. The van der Waals surface area contributed by atoms with Crippen LogP contribution in [0, 0.1) is 3.57 Å². The average molecular weight is 384 g/mol. The summed E-state index contributed by atoms with van der Waals surface area (Å²) in [5, 5.41) is 10.3. The maximum atomic E-state index is 10.3. The molecule has 2 aromatic carbocycles. The topological polar surface area (TPSA) is 38.7 Å². The highest BCUT2D eigenvalue weighted by Crippen LogP contribution is 2.29. The van der Waals surface area contributed by atoms with Crippen LogP contribution in [-0.2, 0) is 6.42 Å². The molecule has 1 unspecified atom stereocenters. The molecular formula is C16H17IO3. The van der Waals surface area contributed by atoms with E-state index in [4.69, 9.17) is 9.47 Å². The first kappa shape index (κ1) is 15.1. The fourth-order valence-corrected chi connectivity index (χ4v) is 2.39. The van der Waals surface area contributed by atoms with Gasteiger partial charge in [-0.1, -0.05) is 18.2 Å². The molecule has 2 rings (SSSR count). The van der Waals surface area contributed by atoms with Gasteiger partial charge in [-0.15, -0.1) is 0 Å². The number of rotatable bonds is 5. The van der Waals surface area contributed by atoms with Crippen LogP contribution in [0.5, 0.6) is 11.5 Å². The molecule has 0 amide bonds. The lowest BCUT2D eigenvalue weighted by molar-refractivity contribution is 0.178. The molecule has 20 heavy (non-hydrogen) atoms. The van der Waals surface area contributed by atoms with Crippen LogP contribution < -0.4 is 9.47 Å². The molecule has 3 nitrogen and oxygen atoms in total. The Labute approximate surface area is 132 Å². The summed E-state index contributed by atoms with van der Waals surface area (Å²) in [6.07, 6.45) is 0.0196. The highest BCUT2D eigenvalue weighted by Gasteiger charge is 2.11. The molecule has 0 aliphatic carbocycles. The predicted octanol–water partition coefficient (Wildman–Crippen LogP) is 3.58. The minimum Gasteiger partial charge on any atom is -0.493 e. The van der Waals surface area contributed by atoms with Crippen LogP contribution in [0.25, 0.3) is 0 Å². The zero-order valence-corrected chi connectivity index (χ0v) is 13.6. The molecule has 0 saturated carbocycles. The van der Waals surface area contributed by atoms with Crippen molar-refractivity contribution in [3.63, 3.8) is 0 Å². The van der Waals surface area contributed by atoms with Gasteiger partial charge < -0.3 is 14.6 Å². The number of hydrogen-bond donors (Lipinski definition) is 1. The second-order valence-electron chi connectivity index (χ2n) is 4.46. The van der Waals surface area contributed by atoms with Gasteiger partial charge >= 0.3 is 0 Å². The first-order valence-electron chi connectivity index (χ1n) is 6.28. The molecule has 1 atom stereocenters. The first-order chi connectivity index (χ1) is 9.63. The van der Waals surface area contributed by atoms with Gasteiger partial charge in [-0.25, -0.2) is 0 Å². The van der Waals surface area contributed by atoms with Gasteiger partial charge in [0, 0.05) is 9.99 Å². The smallest absolute Gasteiger partial charge is 0.160 e. The van der Waals surface area contributed by atoms with E-state index in [0.29, 0.717) is 17.9 Å². The summed E-state index contributed by atoms with van der Waals surface area (Å²) in [4.78, 5) is 0. The zero-order chi connectivity index (χ0) is 14.5. The first-order valence-corrected chi connectivity index (χ1v) is 7.36. The van der Waals surface area contributed by atoms with E-state index < -0.39 is 6.10 Å². The van der Waals surface area contributed by atoms with Crippen molar-refractivity contribution in [2.75, 3.05) is 14.2 Å². The second-order valence-corrected chi connectivity index (χ2v) is 5.71. The van der Waals surface area contributed by atoms with Crippen molar-refractivity contribution in [1.29, 1.82) is 0 Å². The lowest BCUT2D eigenvalue weighted by Gasteiger charge is -2.13. The normalized spacial score (nSPS) is 12.0. The van der Waals surface area contributed by atoms with E-state index in [9.17, 15) is 5.11 Å². The molecule has 0 fully saturated rings. The van der Waals surface area contributed by atoms with E-state index in [0.717, 1.165) is 14.7 Å². The fraction of sp³-hybridized carbons (Fsp3) is 0.250. The van der Waals surface area contributed by atoms with Gasteiger partial charge in [0.2, 0.25) is 0 Å². The highest BCUT2D eigenvalue weighted by atomic mass is 127. The van der Waals surface area contributed by atoms with Crippen molar-refractivity contribution in [2.45, 2.75) is 12.5 Å². The Morgan fingerprint density at radius 3 is 2.25 bits per heavy atom. The molecular weight excluding hydrogens is 367 g/mol. The molecule has 106 valence electrons. The summed E-state index contributed by atoms with van der Waals surface area (Å²) < 4.78 is 11.6. The largest absolute Gasteiger partial charge is 0.493 e. The van der Waals surface area contributed by atoms with Crippen molar-refractivity contribution < 1.29 is 14.6 Å². The molecule has 0 radical (unpaired) electrons. The van der Waals surface area contributed by atoms with Gasteiger partial charge in [-0.05, 0) is 58.0 Å². The molecule has 1 N–H and O–H groups in total. The van der Waals surface area contributed by atoms with Gasteiger partial charge in [-0.2, -0.15) is 0 Å². The van der Waals surface area contributed by atoms with Gasteiger partial charge in [0.25, 0.3) is 0 Å². The molecule has 0 saturated heterocycles. The van der Waals surface area contributed by atoms with Crippen LogP contribution in [0.1, 0.15) is 17.2 Å². The van der Waals surface area contributed by atoms with E-state index in [1.165, 1.54) is 0 Å². The van der Waals surface area contributed by atoms with Gasteiger partial charge in [0.05, 0.1) is 20.3 Å². The number of ether oxygens (including phenoxy) is 2. The molecule has 4 heteroatoms. The summed E-state index contributed by atoms with van der Waals surface area (Å²) in [7, 11) is 3.22. The third kappa shape index (κ3) is 3.64. The summed E-state index contributed by atoms with van der Waals surface area (Å²) in [6.45, 7) is 0. The van der Waals surface area contributed by atoms with Crippen molar-refractivity contribution in [3.8, 4) is 11.5 Å². The number of methoxy groups -OCH3 is 2. The molecule has 0 aliphatic rings. The monoisotopic (exact) mass is 384 g/mol. The highest BCUT2D eigenvalue weighted by molar-refractivity contribution is 14.1. The van der Waals surface area contributed by atoms with E-state index in [-0.39, 0.29) is 0 Å². The quantitative estimate of drug-likeness (QED) is 0.801. The summed E-state index contributed by atoms with van der Waals surface area (Å²) in [6, 6.07) is 13.6. The van der Waals surface area contributed by atoms with E-state index in [2.05, 4.69) is 22.6 Å². The third-order valence-corrected chi connectivity index (χ3v) is 3.85. The van der Waals surface area contributed by atoms with Crippen molar-refractivity contribution >= 4 is 22.6 Å². The standard InChI is InChI=1S/C16H17IO3/c1-19-15-8-3-11(10-16(15)20-2)9-14(18)12-4-6-13(17)7-5-12/h3-8,10,14,18H,9H2,1-2H3. The van der Waals surface area contributed by atoms with Crippen LogP contribution >= 0.6 is 22.6 Å². The molecule has 0 aliphatic heterocycles. The zero-order valence-electron chi connectivity index (χ0n) is 11.5. The molecule has 0 bridgehead atoms. The van der Waals surface area contributed by atoms with Crippen LogP contribution in [-0.4, -0.2) is 19.3 Å². The Morgan fingerprint density at radius 1 is 1.00 bits per heavy atom. The van der Waals surface area contributed by atoms with Crippen molar-refractivity contribution in [2.24, 2.45) is 0 Å². The van der Waals surface area contributed by atoms with E-state index in [1.807, 2.05) is 42.5 Å². The van der Waals surface area contributed by atoms with Gasteiger partial charge in [0.15, 0.2) is 11.5 Å². The summed E-state index contributed by atoms with van der Waals surface area (Å²) in [5.74, 6) is 1.37. The second kappa shape index (κ2) is 6.95. The van der Waals surface area contributed by atoms with Gasteiger partial charge in [-0.3, -0.25) is 0 Å². The van der Waals surface area contributed by atoms with Crippen LogP contribution in [0.2, 0.25) is 0 Å². The minimum atomic E-state index is -0.523. The Balaban J connectivity index is 2.15. The average Bonchev–Trinajstić information content (AvgIpc) is 2.47. The molecule has 0 aromatic heterocycles. The van der Waals surface area contributed by atoms with Gasteiger partial charge in [0.1, 0.15) is 0 Å². The third-order valence-electron chi connectivity index (χ3n) is 3.13. The lowest BCUT2D eigenvalue weighted by Crippen LogP contribution is -2.02. The number of aliphatic hydroxyl groups is 1. The Morgan fingerprint density at radius 2 is 1.65 bits per heavy atom. The lowest BCUT2D eigenvalue weighted by atomic mass is 10.0. The predicted molar refractivity (Wildman–Crippen MR) is 87.4 cm³/mol. The van der Waals surface area contributed by atoms with Crippen molar-refractivity contribution in [1.82, 2.24) is 0 Å². The Bertz CT molecular complexity index is 566. The molecule has 0 heterocycles. The number of aliphatic hydroxyl groups excluding tert-OH is 1. The number of halogens is 1. The van der Waals surface area contributed by atoms with E-state index >= 15 is 0 Å².